The number of nitrogens with zero attached hydrogens (tertiary/aromatic N) is 2. The summed E-state index contributed by atoms with van der Waals surface area (Å²) in [4.78, 5) is 27.2. The number of benzene rings is 2. The number of aliphatic hydroxyl groups excluding tert-OH is 1. The van der Waals surface area contributed by atoms with E-state index in [1.807, 2.05) is 6.92 Å². The van der Waals surface area contributed by atoms with Crippen LogP contribution in [-0.2, 0) is 9.59 Å². The van der Waals surface area contributed by atoms with Gasteiger partial charge in [-0.25, -0.2) is 0 Å². The zero-order chi connectivity index (χ0) is 21.3. The summed E-state index contributed by atoms with van der Waals surface area (Å²) in [5.74, 6) is -0.425. The fourth-order valence-electron chi connectivity index (χ4n) is 3.52. The minimum atomic E-state index is -0.856. The van der Waals surface area contributed by atoms with Crippen LogP contribution in [0.5, 0.6) is 5.75 Å². The van der Waals surface area contributed by atoms with Crippen molar-refractivity contribution in [2.24, 2.45) is 0 Å². The molecule has 0 saturated carbocycles. The number of hydrogen-bond donors (Lipinski definition) is 1. The maximum atomic E-state index is 13.0. The fourth-order valence-corrected chi connectivity index (χ4v) is 3.52. The van der Waals surface area contributed by atoms with Crippen molar-refractivity contribution in [2.45, 2.75) is 19.9 Å². The van der Waals surface area contributed by atoms with Gasteiger partial charge in [-0.15, -0.1) is 0 Å². The molecule has 152 valence electrons. The van der Waals surface area contributed by atoms with Gasteiger partial charge in [0.25, 0.3) is 5.78 Å². The van der Waals surface area contributed by atoms with Crippen LogP contribution in [0.2, 0.25) is 0 Å². The predicted molar refractivity (Wildman–Crippen MR) is 110 cm³/mol. The van der Waals surface area contributed by atoms with Gasteiger partial charge in [-0.2, -0.15) is 0 Å². The first-order valence-electron chi connectivity index (χ1n) is 9.53. The van der Waals surface area contributed by atoms with Crippen LogP contribution in [-0.4, -0.2) is 28.6 Å². The molecule has 7 heteroatoms. The molecule has 4 rings (SSSR count). The molecule has 0 unspecified atom stereocenters. The SMILES string of the molecule is CCOc1ccc([C@@H]2C(=C(O)c3ccccc3)C(=O)C(=O)N2c2cc(C)on2)cc1. The Labute approximate surface area is 173 Å². The van der Waals surface area contributed by atoms with E-state index < -0.39 is 17.7 Å². The highest BCUT2D eigenvalue weighted by molar-refractivity contribution is 6.51. The number of ether oxygens (including phenoxy) is 1. The van der Waals surface area contributed by atoms with Gasteiger partial charge >= 0.3 is 5.91 Å². The molecular formula is C23H20N2O5. The molecular weight excluding hydrogens is 384 g/mol. The first-order valence-corrected chi connectivity index (χ1v) is 9.53. The quantitative estimate of drug-likeness (QED) is 0.392. The smallest absolute Gasteiger partial charge is 0.301 e. The first-order chi connectivity index (χ1) is 14.5. The van der Waals surface area contributed by atoms with E-state index in [1.54, 1.807) is 67.6 Å². The van der Waals surface area contributed by atoms with Crippen molar-refractivity contribution >= 4 is 23.3 Å². The van der Waals surface area contributed by atoms with Gasteiger partial charge in [0.2, 0.25) is 0 Å². The molecule has 1 aliphatic heterocycles. The number of rotatable bonds is 5. The van der Waals surface area contributed by atoms with E-state index >= 15 is 0 Å². The summed E-state index contributed by atoms with van der Waals surface area (Å²) in [6.07, 6.45) is 0. The van der Waals surface area contributed by atoms with Crippen molar-refractivity contribution in [3.63, 3.8) is 0 Å². The summed E-state index contributed by atoms with van der Waals surface area (Å²) in [5, 5.41) is 14.9. The monoisotopic (exact) mass is 404 g/mol. The average molecular weight is 404 g/mol. The molecule has 0 bridgehead atoms. The second-order valence-electron chi connectivity index (χ2n) is 6.83. The lowest BCUT2D eigenvalue weighted by Gasteiger charge is -2.23. The van der Waals surface area contributed by atoms with Gasteiger partial charge in [-0.3, -0.25) is 14.5 Å². The minimum Gasteiger partial charge on any atom is -0.507 e. The van der Waals surface area contributed by atoms with Gasteiger partial charge < -0.3 is 14.4 Å². The van der Waals surface area contributed by atoms with E-state index in [0.717, 1.165) is 0 Å². The van der Waals surface area contributed by atoms with Crippen LogP contribution in [0.4, 0.5) is 5.82 Å². The van der Waals surface area contributed by atoms with Crippen molar-refractivity contribution in [3.05, 3.63) is 83.1 Å². The van der Waals surface area contributed by atoms with Gasteiger partial charge in [-0.1, -0.05) is 47.6 Å². The number of aryl methyl sites for hydroxylation is 1. The summed E-state index contributed by atoms with van der Waals surface area (Å²) in [5.41, 5.74) is 1.08. The number of anilines is 1. The molecule has 1 atom stereocenters. The number of carbonyl (C=O) groups excluding carboxylic acids is 2. The maximum Gasteiger partial charge on any atom is 0.301 e. The Balaban J connectivity index is 1.89. The van der Waals surface area contributed by atoms with Gasteiger partial charge in [0.15, 0.2) is 5.82 Å². The van der Waals surface area contributed by atoms with E-state index in [0.29, 0.717) is 29.2 Å². The highest BCUT2D eigenvalue weighted by atomic mass is 16.5. The summed E-state index contributed by atoms with van der Waals surface area (Å²) >= 11 is 0. The van der Waals surface area contributed by atoms with Crippen LogP contribution < -0.4 is 9.64 Å². The van der Waals surface area contributed by atoms with E-state index in [4.69, 9.17) is 9.26 Å². The Hall–Kier alpha value is -3.87. The van der Waals surface area contributed by atoms with Crippen LogP contribution in [0.1, 0.15) is 29.9 Å². The molecule has 1 aliphatic rings. The lowest BCUT2D eigenvalue weighted by molar-refractivity contribution is -0.132. The van der Waals surface area contributed by atoms with E-state index in [2.05, 4.69) is 5.16 Å². The molecule has 3 aromatic rings. The number of amides is 1. The molecule has 1 N–H and O–H groups in total. The second kappa shape index (κ2) is 7.87. The molecule has 2 heterocycles. The Bertz CT molecular complexity index is 1120. The number of Topliss-reactive ketones (excluding diaryl/α,β-unsaturated/α-hetero) is 1. The third kappa shape index (κ3) is 3.34. The Morgan fingerprint density at radius 2 is 1.83 bits per heavy atom. The second-order valence-corrected chi connectivity index (χ2v) is 6.83. The third-order valence-electron chi connectivity index (χ3n) is 4.86. The minimum absolute atomic E-state index is 0.00369. The summed E-state index contributed by atoms with van der Waals surface area (Å²) < 4.78 is 10.6. The highest BCUT2D eigenvalue weighted by Crippen LogP contribution is 2.42. The maximum absolute atomic E-state index is 13.0. The number of hydrogen-bond acceptors (Lipinski definition) is 6. The predicted octanol–water partition coefficient (Wildman–Crippen LogP) is 4.01. The average Bonchev–Trinajstić information content (AvgIpc) is 3.30. The fraction of sp³-hybridized carbons (Fsp3) is 0.174. The van der Waals surface area contributed by atoms with Crippen LogP contribution in [0.15, 0.2) is 70.8 Å². The molecule has 0 aliphatic carbocycles. The largest absolute Gasteiger partial charge is 0.507 e. The van der Waals surface area contributed by atoms with E-state index in [-0.39, 0.29) is 17.2 Å². The van der Waals surface area contributed by atoms with Crippen LogP contribution in [0, 0.1) is 6.92 Å². The zero-order valence-electron chi connectivity index (χ0n) is 16.5. The third-order valence-corrected chi connectivity index (χ3v) is 4.86. The number of aliphatic hydroxyl groups is 1. The molecule has 1 fully saturated rings. The lowest BCUT2D eigenvalue weighted by atomic mass is 9.95. The van der Waals surface area contributed by atoms with Crippen LogP contribution in [0.3, 0.4) is 0 Å². The summed E-state index contributed by atoms with van der Waals surface area (Å²) in [6.45, 7) is 4.10. The Morgan fingerprint density at radius 3 is 2.43 bits per heavy atom. The molecule has 30 heavy (non-hydrogen) atoms. The van der Waals surface area contributed by atoms with Gasteiger partial charge in [0.05, 0.1) is 18.2 Å². The van der Waals surface area contributed by atoms with Crippen molar-refractivity contribution < 1.29 is 24.0 Å². The molecule has 2 aromatic carbocycles. The number of carbonyl (C=O) groups is 2. The molecule has 1 saturated heterocycles. The molecule has 0 spiro atoms. The molecule has 1 amide bonds. The molecule has 1 aromatic heterocycles. The topological polar surface area (TPSA) is 92.9 Å². The lowest BCUT2D eigenvalue weighted by Crippen LogP contribution is -2.29. The van der Waals surface area contributed by atoms with Crippen molar-refractivity contribution in [3.8, 4) is 5.75 Å². The Morgan fingerprint density at radius 1 is 1.13 bits per heavy atom. The summed E-state index contributed by atoms with van der Waals surface area (Å²) in [7, 11) is 0. The van der Waals surface area contributed by atoms with Crippen LogP contribution >= 0.6 is 0 Å². The number of ketones is 1. The van der Waals surface area contributed by atoms with Gasteiger partial charge in [0.1, 0.15) is 17.3 Å². The van der Waals surface area contributed by atoms with E-state index in [1.165, 1.54) is 4.90 Å². The Kier molecular flexibility index (Phi) is 5.10. The normalized spacial score (nSPS) is 18.1. The van der Waals surface area contributed by atoms with Gasteiger partial charge in [0, 0.05) is 11.6 Å². The summed E-state index contributed by atoms with van der Waals surface area (Å²) in [6, 6.07) is 16.4. The molecule has 0 radical (unpaired) electrons. The van der Waals surface area contributed by atoms with E-state index in [9.17, 15) is 14.7 Å². The first kappa shape index (κ1) is 19.4. The standard InChI is InChI=1S/C23H20N2O5/c1-3-29-17-11-9-15(10-12-17)20-19(21(26)16-7-5-4-6-8-16)22(27)23(28)25(20)18-13-14(2)30-24-18/h4-13,20,26H,3H2,1-2H3/t20-/m1/s1. The number of aromatic nitrogens is 1. The van der Waals surface area contributed by atoms with Crippen molar-refractivity contribution in [1.29, 1.82) is 0 Å². The molecule has 7 nitrogen and oxygen atoms in total. The highest BCUT2D eigenvalue weighted by Gasteiger charge is 2.48. The van der Waals surface area contributed by atoms with Crippen molar-refractivity contribution in [1.82, 2.24) is 5.16 Å². The van der Waals surface area contributed by atoms with Crippen molar-refractivity contribution in [2.75, 3.05) is 11.5 Å². The van der Waals surface area contributed by atoms with Gasteiger partial charge in [-0.05, 0) is 31.5 Å². The zero-order valence-corrected chi connectivity index (χ0v) is 16.5. The van der Waals surface area contributed by atoms with Crippen LogP contribution in [0.25, 0.3) is 5.76 Å².